The van der Waals surface area contributed by atoms with Crippen molar-refractivity contribution in [1.82, 2.24) is 0 Å². The van der Waals surface area contributed by atoms with Crippen molar-refractivity contribution in [2.24, 2.45) is 0 Å². The van der Waals surface area contributed by atoms with Gasteiger partial charge in [-0.25, -0.2) is 4.39 Å². The normalized spacial score (nSPS) is 10.0. The van der Waals surface area contributed by atoms with Crippen LogP contribution in [0.5, 0.6) is 5.75 Å². The minimum absolute atomic E-state index is 0.336. The molecule has 0 aliphatic carbocycles. The monoisotopic (exact) mass is 230 g/mol. The molecule has 3 heteroatoms. The van der Waals surface area contributed by atoms with Crippen molar-refractivity contribution in [1.29, 1.82) is 0 Å². The van der Waals surface area contributed by atoms with Gasteiger partial charge in [-0.3, -0.25) is 4.79 Å². The summed E-state index contributed by atoms with van der Waals surface area (Å²) in [4.78, 5) is 10.7. The van der Waals surface area contributed by atoms with Crippen molar-refractivity contribution in [3.8, 4) is 16.9 Å². The summed E-state index contributed by atoms with van der Waals surface area (Å²) in [5.41, 5.74) is 1.94. The van der Waals surface area contributed by atoms with Crippen LogP contribution in [-0.2, 0) is 0 Å². The van der Waals surface area contributed by atoms with E-state index >= 15 is 0 Å². The second-order valence-corrected chi connectivity index (χ2v) is 3.59. The fourth-order valence-electron chi connectivity index (χ4n) is 1.69. The third-order valence-corrected chi connectivity index (χ3v) is 2.50. The van der Waals surface area contributed by atoms with Crippen LogP contribution < -0.4 is 4.74 Å². The summed E-state index contributed by atoms with van der Waals surface area (Å²) in [7, 11) is 1.53. The number of methoxy groups -OCH3 is 1. The highest BCUT2D eigenvalue weighted by molar-refractivity contribution is 5.80. The fourth-order valence-corrected chi connectivity index (χ4v) is 1.69. The van der Waals surface area contributed by atoms with E-state index in [2.05, 4.69) is 0 Å². The first-order valence-corrected chi connectivity index (χ1v) is 5.14. The van der Waals surface area contributed by atoms with E-state index in [4.69, 9.17) is 4.74 Å². The number of rotatable bonds is 3. The molecule has 0 aromatic heterocycles. The number of carbonyl (C=O) groups excluding carboxylic acids is 1. The predicted molar refractivity (Wildman–Crippen MR) is 63.8 cm³/mol. The Hall–Kier alpha value is -2.16. The maximum atomic E-state index is 13.2. The van der Waals surface area contributed by atoms with E-state index in [0.717, 1.165) is 11.8 Å². The summed E-state index contributed by atoms with van der Waals surface area (Å²) in [5, 5.41) is 0. The van der Waals surface area contributed by atoms with E-state index in [9.17, 15) is 9.18 Å². The zero-order chi connectivity index (χ0) is 12.3. The van der Waals surface area contributed by atoms with Crippen molar-refractivity contribution in [2.75, 3.05) is 7.11 Å². The van der Waals surface area contributed by atoms with Crippen LogP contribution in [0.15, 0.2) is 42.5 Å². The molecule has 2 aromatic carbocycles. The molecule has 2 nitrogen and oxygen atoms in total. The molecule has 0 radical (unpaired) electrons. The lowest BCUT2D eigenvalue weighted by atomic mass is 10.0. The number of carbonyl (C=O) groups is 1. The molecule has 2 aromatic rings. The minimum atomic E-state index is -0.336. The second-order valence-electron chi connectivity index (χ2n) is 3.59. The van der Waals surface area contributed by atoms with Crippen LogP contribution in [0.25, 0.3) is 11.1 Å². The largest absolute Gasteiger partial charge is 0.496 e. The van der Waals surface area contributed by atoms with Gasteiger partial charge in [0.1, 0.15) is 17.9 Å². The summed E-state index contributed by atoms with van der Waals surface area (Å²) in [6.45, 7) is 0. The van der Waals surface area contributed by atoms with Gasteiger partial charge in [-0.1, -0.05) is 18.2 Å². The molecule has 2 rings (SSSR count). The van der Waals surface area contributed by atoms with Crippen LogP contribution >= 0.6 is 0 Å². The van der Waals surface area contributed by atoms with Gasteiger partial charge in [0.15, 0.2) is 0 Å². The molecular weight excluding hydrogens is 219 g/mol. The van der Waals surface area contributed by atoms with E-state index in [1.165, 1.54) is 19.2 Å². The van der Waals surface area contributed by atoms with Crippen molar-refractivity contribution >= 4 is 6.29 Å². The maximum Gasteiger partial charge on any atom is 0.150 e. The topological polar surface area (TPSA) is 26.3 Å². The molecule has 0 amide bonds. The molecule has 0 atom stereocenters. The average Bonchev–Trinajstić information content (AvgIpc) is 2.39. The molecule has 0 aliphatic rings. The quantitative estimate of drug-likeness (QED) is 0.756. The molecule has 0 bridgehead atoms. The van der Waals surface area contributed by atoms with Crippen molar-refractivity contribution in [3.63, 3.8) is 0 Å². The standard InChI is InChI=1S/C14H11FO2/c1-17-14-6-5-12(15)8-13(14)11-4-2-3-10(7-11)9-16/h2-9H,1H3. The molecule has 0 spiro atoms. The highest BCUT2D eigenvalue weighted by Gasteiger charge is 2.07. The Morgan fingerprint density at radius 3 is 2.71 bits per heavy atom. The molecular formula is C14H11FO2. The van der Waals surface area contributed by atoms with Crippen LogP contribution in [0.1, 0.15) is 10.4 Å². The van der Waals surface area contributed by atoms with Gasteiger partial charge in [0.05, 0.1) is 7.11 Å². The van der Waals surface area contributed by atoms with Gasteiger partial charge in [0.25, 0.3) is 0 Å². The van der Waals surface area contributed by atoms with E-state index in [-0.39, 0.29) is 5.82 Å². The van der Waals surface area contributed by atoms with E-state index in [1.54, 1.807) is 24.3 Å². The minimum Gasteiger partial charge on any atom is -0.496 e. The first kappa shape index (κ1) is 11.3. The number of aldehydes is 1. The van der Waals surface area contributed by atoms with Gasteiger partial charge in [0.2, 0.25) is 0 Å². The Kier molecular flexibility index (Phi) is 3.19. The summed E-state index contributed by atoms with van der Waals surface area (Å²) < 4.78 is 18.4. The molecule has 0 saturated heterocycles. The molecule has 86 valence electrons. The predicted octanol–water partition coefficient (Wildman–Crippen LogP) is 3.31. The number of ether oxygens (including phenoxy) is 1. The fraction of sp³-hybridized carbons (Fsp3) is 0.0714. The number of hydrogen-bond acceptors (Lipinski definition) is 2. The molecule has 0 heterocycles. The van der Waals surface area contributed by atoms with Gasteiger partial charge >= 0.3 is 0 Å². The van der Waals surface area contributed by atoms with Gasteiger partial charge in [-0.15, -0.1) is 0 Å². The van der Waals surface area contributed by atoms with Crippen molar-refractivity contribution in [3.05, 3.63) is 53.8 Å². The zero-order valence-corrected chi connectivity index (χ0v) is 9.31. The highest BCUT2D eigenvalue weighted by atomic mass is 19.1. The second kappa shape index (κ2) is 4.78. The lowest BCUT2D eigenvalue weighted by Crippen LogP contribution is -1.90. The highest BCUT2D eigenvalue weighted by Crippen LogP contribution is 2.30. The van der Waals surface area contributed by atoms with Crippen LogP contribution in [0, 0.1) is 5.82 Å². The molecule has 0 fully saturated rings. The zero-order valence-electron chi connectivity index (χ0n) is 9.31. The Balaban J connectivity index is 2.58. The number of halogens is 1. The molecule has 0 saturated carbocycles. The van der Waals surface area contributed by atoms with E-state index < -0.39 is 0 Å². The SMILES string of the molecule is COc1ccc(F)cc1-c1cccc(C=O)c1. The Labute approximate surface area is 98.7 Å². The lowest BCUT2D eigenvalue weighted by molar-refractivity contribution is 0.112. The number of benzene rings is 2. The Morgan fingerprint density at radius 1 is 1.18 bits per heavy atom. The van der Waals surface area contributed by atoms with Gasteiger partial charge in [-0.2, -0.15) is 0 Å². The summed E-state index contributed by atoms with van der Waals surface area (Å²) >= 11 is 0. The van der Waals surface area contributed by atoms with Gasteiger partial charge < -0.3 is 4.74 Å². The van der Waals surface area contributed by atoms with E-state index in [0.29, 0.717) is 16.9 Å². The lowest BCUT2D eigenvalue weighted by Gasteiger charge is -2.09. The van der Waals surface area contributed by atoms with Gasteiger partial charge in [0, 0.05) is 11.1 Å². The average molecular weight is 230 g/mol. The molecule has 0 unspecified atom stereocenters. The van der Waals surface area contributed by atoms with Crippen LogP contribution in [0.4, 0.5) is 4.39 Å². The first-order chi connectivity index (χ1) is 8.24. The smallest absolute Gasteiger partial charge is 0.150 e. The molecule has 0 aliphatic heterocycles. The first-order valence-electron chi connectivity index (χ1n) is 5.14. The van der Waals surface area contributed by atoms with Crippen LogP contribution in [-0.4, -0.2) is 13.4 Å². The molecule has 17 heavy (non-hydrogen) atoms. The number of hydrogen-bond donors (Lipinski definition) is 0. The third-order valence-electron chi connectivity index (χ3n) is 2.50. The van der Waals surface area contributed by atoms with Crippen LogP contribution in [0.2, 0.25) is 0 Å². The van der Waals surface area contributed by atoms with Crippen LogP contribution in [0.3, 0.4) is 0 Å². The van der Waals surface area contributed by atoms with Crippen molar-refractivity contribution in [2.45, 2.75) is 0 Å². The maximum absolute atomic E-state index is 13.2. The summed E-state index contributed by atoms with van der Waals surface area (Å²) in [5.74, 6) is 0.242. The Bertz CT molecular complexity index is 550. The van der Waals surface area contributed by atoms with Crippen molar-refractivity contribution < 1.29 is 13.9 Å². The summed E-state index contributed by atoms with van der Waals surface area (Å²) in [6.07, 6.45) is 0.759. The molecule has 0 N–H and O–H groups in total. The summed E-state index contributed by atoms with van der Waals surface area (Å²) in [6, 6.07) is 11.3. The third kappa shape index (κ3) is 2.33. The Morgan fingerprint density at radius 2 is 2.00 bits per heavy atom. The van der Waals surface area contributed by atoms with Gasteiger partial charge in [-0.05, 0) is 29.8 Å². The van der Waals surface area contributed by atoms with E-state index in [1.807, 2.05) is 6.07 Å².